The van der Waals surface area contributed by atoms with Crippen LogP contribution in [-0.4, -0.2) is 0 Å². The number of para-hydroxylation sites is 2. The first-order valence-electron chi connectivity index (χ1n) is 19.3. The Morgan fingerprint density at radius 2 is 0.772 bits per heavy atom. The van der Waals surface area contributed by atoms with Gasteiger partial charge in [-0.25, -0.2) is 0 Å². The van der Waals surface area contributed by atoms with Gasteiger partial charge < -0.3 is 13.7 Å². The first-order chi connectivity index (χ1) is 28.2. The fraction of sp³-hybridized carbons (Fsp3) is 0. The van der Waals surface area contributed by atoms with Gasteiger partial charge in [-0.2, -0.15) is 0 Å². The Morgan fingerprint density at radius 1 is 0.281 bits per heavy atom. The lowest BCUT2D eigenvalue weighted by atomic mass is 9.91. The van der Waals surface area contributed by atoms with Crippen LogP contribution in [0.15, 0.2) is 221 Å². The monoisotopic (exact) mass is 729 g/mol. The van der Waals surface area contributed by atoms with Gasteiger partial charge in [-0.15, -0.1) is 0 Å². The van der Waals surface area contributed by atoms with Gasteiger partial charge in [0.15, 0.2) is 0 Å². The highest BCUT2D eigenvalue weighted by Gasteiger charge is 2.22. The molecule has 3 nitrogen and oxygen atoms in total. The Balaban J connectivity index is 1.09. The molecule has 268 valence electrons. The van der Waals surface area contributed by atoms with E-state index in [0.29, 0.717) is 0 Å². The van der Waals surface area contributed by atoms with E-state index >= 15 is 0 Å². The van der Waals surface area contributed by atoms with Crippen molar-refractivity contribution < 1.29 is 8.83 Å². The van der Waals surface area contributed by atoms with Crippen LogP contribution in [0, 0.1) is 0 Å². The number of nitrogens with zero attached hydrogens (tertiary/aromatic N) is 1. The normalized spacial score (nSPS) is 11.5. The number of furan rings is 2. The highest BCUT2D eigenvalue weighted by Crippen LogP contribution is 2.47. The molecule has 3 heteroatoms. The predicted octanol–water partition coefficient (Wildman–Crippen LogP) is 15.6. The quantitative estimate of drug-likeness (QED) is 0.164. The van der Waals surface area contributed by atoms with Crippen LogP contribution in [0.5, 0.6) is 0 Å². The molecule has 0 radical (unpaired) electrons. The molecule has 0 N–H and O–H groups in total. The van der Waals surface area contributed by atoms with E-state index in [4.69, 9.17) is 8.83 Å². The van der Waals surface area contributed by atoms with Gasteiger partial charge in [0, 0.05) is 38.5 Å². The summed E-state index contributed by atoms with van der Waals surface area (Å²) in [6.07, 6.45) is 0. The topological polar surface area (TPSA) is 29.5 Å². The highest BCUT2D eigenvalue weighted by atomic mass is 16.3. The van der Waals surface area contributed by atoms with Crippen molar-refractivity contribution in [2.45, 2.75) is 0 Å². The van der Waals surface area contributed by atoms with E-state index < -0.39 is 0 Å². The van der Waals surface area contributed by atoms with Crippen molar-refractivity contribution in [2.24, 2.45) is 0 Å². The van der Waals surface area contributed by atoms with Gasteiger partial charge in [0.2, 0.25) is 0 Å². The third-order valence-electron chi connectivity index (χ3n) is 11.1. The summed E-state index contributed by atoms with van der Waals surface area (Å²) in [7, 11) is 0. The van der Waals surface area contributed by atoms with Gasteiger partial charge in [0.05, 0.1) is 5.69 Å². The van der Waals surface area contributed by atoms with E-state index in [2.05, 4.69) is 193 Å². The first kappa shape index (κ1) is 32.8. The summed E-state index contributed by atoms with van der Waals surface area (Å²) in [5, 5.41) is 4.51. The standard InChI is InChI=1S/C54H35NO2/c1-3-13-36(14-4-1)39-17-11-18-43(33-39)55(42-29-25-37(26-30-42)40-27-31-47-45-19-7-9-23-50(45)56-52(47)34-40)49-22-12-21-44(54(49)38-15-5-2-6-16-38)41-28-32-48-46-20-8-10-24-51(46)57-53(48)35-41/h1-35H. The van der Waals surface area contributed by atoms with Crippen LogP contribution in [0.1, 0.15) is 0 Å². The van der Waals surface area contributed by atoms with Gasteiger partial charge in [-0.1, -0.05) is 146 Å². The molecular formula is C54H35NO2. The molecule has 0 aliphatic carbocycles. The molecule has 2 heterocycles. The molecule has 2 aromatic heterocycles. The number of anilines is 3. The predicted molar refractivity (Wildman–Crippen MR) is 237 cm³/mol. The number of benzene rings is 9. The Labute approximate surface area is 330 Å². The number of rotatable bonds is 7. The van der Waals surface area contributed by atoms with Gasteiger partial charge >= 0.3 is 0 Å². The smallest absolute Gasteiger partial charge is 0.136 e. The fourth-order valence-corrected chi connectivity index (χ4v) is 8.36. The Kier molecular flexibility index (Phi) is 7.82. The van der Waals surface area contributed by atoms with Crippen LogP contribution >= 0.6 is 0 Å². The fourth-order valence-electron chi connectivity index (χ4n) is 8.36. The van der Waals surface area contributed by atoms with Crippen molar-refractivity contribution >= 4 is 60.9 Å². The molecule has 0 unspecified atom stereocenters. The summed E-state index contributed by atoms with van der Waals surface area (Å²) in [5.41, 5.74) is 15.8. The molecule has 11 rings (SSSR count). The van der Waals surface area contributed by atoms with Crippen LogP contribution in [-0.2, 0) is 0 Å². The molecule has 11 aromatic rings. The molecule has 0 fully saturated rings. The highest BCUT2D eigenvalue weighted by molar-refractivity contribution is 6.08. The van der Waals surface area contributed by atoms with Crippen molar-refractivity contribution in [2.75, 3.05) is 4.90 Å². The Bertz CT molecular complexity index is 3230. The van der Waals surface area contributed by atoms with Crippen molar-refractivity contribution in [3.8, 4) is 44.5 Å². The molecule has 0 bridgehead atoms. The second-order valence-electron chi connectivity index (χ2n) is 14.5. The van der Waals surface area contributed by atoms with Crippen molar-refractivity contribution in [3.63, 3.8) is 0 Å². The van der Waals surface area contributed by atoms with Crippen molar-refractivity contribution in [1.29, 1.82) is 0 Å². The lowest BCUT2D eigenvalue weighted by Crippen LogP contribution is -2.12. The molecule has 0 aliphatic heterocycles. The molecule has 0 aliphatic rings. The number of hydrogen-bond donors (Lipinski definition) is 0. The summed E-state index contributed by atoms with van der Waals surface area (Å²) in [6.45, 7) is 0. The van der Waals surface area contributed by atoms with Gasteiger partial charge in [-0.3, -0.25) is 0 Å². The SMILES string of the molecule is c1ccc(-c2cccc(N(c3ccc(-c4ccc5c(c4)oc4ccccc45)cc3)c3cccc(-c4ccc5c(c4)oc4ccccc45)c3-c3ccccc3)c2)cc1. The largest absolute Gasteiger partial charge is 0.456 e. The maximum atomic E-state index is 6.40. The summed E-state index contributed by atoms with van der Waals surface area (Å²) < 4.78 is 12.7. The van der Waals surface area contributed by atoms with Crippen LogP contribution < -0.4 is 4.90 Å². The Morgan fingerprint density at radius 3 is 1.46 bits per heavy atom. The average molecular weight is 730 g/mol. The van der Waals surface area contributed by atoms with E-state index in [9.17, 15) is 0 Å². The lowest BCUT2D eigenvalue weighted by Gasteiger charge is -2.30. The van der Waals surface area contributed by atoms with Crippen LogP contribution in [0.25, 0.3) is 88.4 Å². The van der Waals surface area contributed by atoms with Crippen molar-refractivity contribution in [1.82, 2.24) is 0 Å². The van der Waals surface area contributed by atoms with Crippen LogP contribution in [0.3, 0.4) is 0 Å². The van der Waals surface area contributed by atoms with Gasteiger partial charge in [0.25, 0.3) is 0 Å². The molecular weight excluding hydrogens is 695 g/mol. The molecule has 0 amide bonds. The average Bonchev–Trinajstić information content (AvgIpc) is 3.85. The maximum absolute atomic E-state index is 6.40. The van der Waals surface area contributed by atoms with E-state index in [-0.39, 0.29) is 0 Å². The zero-order valence-corrected chi connectivity index (χ0v) is 31.0. The molecule has 9 aromatic carbocycles. The minimum absolute atomic E-state index is 0.877. The second-order valence-corrected chi connectivity index (χ2v) is 14.5. The Hall–Kier alpha value is -7.62. The van der Waals surface area contributed by atoms with E-state index in [1.54, 1.807) is 0 Å². The number of hydrogen-bond acceptors (Lipinski definition) is 3. The third kappa shape index (κ3) is 5.76. The lowest BCUT2D eigenvalue weighted by molar-refractivity contribution is 0.668. The summed E-state index contributed by atoms with van der Waals surface area (Å²) in [6, 6.07) is 75.3. The van der Waals surface area contributed by atoms with E-state index in [0.717, 1.165) is 99.9 Å². The maximum Gasteiger partial charge on any atom is 0.136 e. The number of fused-ring (bicyclic) bond motifs is 6. The van der Waals surface area contributed by atoms with Crippen LogP contribution in [0.4, 0.5) is 17.1 Å². The summed E-state index contributed by atoms with van der Waals surface area (Å²) >= 11 is 0. The molecule has 0 atom stereocenters. The summed E-state index contributed by atoms with van der Waals surface area (Å²) in [5.74, 6) is 0. The molecule has 0 saturated carbocycles. The molecule has 0 spiro atoms. The third-order valence-corrected chi connectivity index (χ3v) is 11.1. The van der Waals surface area contributed by atoms with Crippen molar-refractivity contribution in [3.05, 3.63) is 212 Å². The minimum Gasteiger partial charge on any atom is -0.456 e. The zero-order chi connectivity index (χ0) is 37.7. The van der Waals surface area contributed by atoms with Crippen LogP contribution in [0.2, 0.25) is 0 Å². The summed E-state index contributed by atoms with van der Waals surface area (Å²) in [4.78, 5) is 2.39. The van der Waals surface area contributed by atoms with Gasteiger partial charge in [-0.05, 0) is 106 Å². The minimum atomic E-state index is 0.877. The molecule has 57 heavy (non-hydrogen) atoms. The van der Waals surface area contributed by atoms with E-state index in [1.165, 1.54) is 5.56 Å². The van der Waals surface area contributed by atoms with E-state index in [1.807, 2.05) is 24.3 Å². The zero-order valence-electron chi connectivity index (χ0n) is 31.0. The first-order valence-corrected chi connectivity index (χ1v) is 19.3. The molecule has 0 saturated heterocycles. The second kappa shape index (κ2) is 13.6. The van der Waals surface area contributed by atoms with Gasteiger partial charge in [0.1, 0.15) is 22.3 Å².